The third kappa shape index (κ3) is 4.92. The van der Waals surface area contributed by atoms with Gasteiger partial charge in [-0.05, 0) is 32.1 Å². The van der Waals surface area contributed by atoms with Gasteiger partial charge in [0.15, 0.2) is 0 Å². The minimum atomic E-state index is -0.999. The molecule has 0 spiro atoms. The summed E-state index contributed by atoms with van der Waals surface area (Å²) < 4.78 is 0. The molecule has 1 aromatic rings. The highest BCUT2D eigenvalue weighted by atomic mass is 32.1. The molecular weight excluding hydrogens is 276 g/mol. The lowest BCUT2D eigenvalue weighted by Crippen LogP contribution is -2.41. The molecule has 2 N–H and O–H groups in total. The molecule has 0 saturated heterocycles. The van der Waals surface area contributed by atoms with Crippen molar-refractivity contribution in [2.24, 2.45) is 5.41 Å². The summed E-state index contributed by atoms with van der Waals surface area (Å²) in [5.74, 6) is -1.35. The Morgan fingerprint density at radius 3 is 2.35 bits per heavy atom. The molecule has 0 radical (unpaired) electrons. The Bertz CT molecular complexity index is 503. The third-order valence-electron chi connectivity index (χ3n) is 2.90. The van der Waals surface area contributed by atoms with Crippen molar-refractivity contribution in [3.63, 3.8) is 0 Å². The van der Waals surface area contributed by atoms with Crippen LogP contribution in [-0.4, -0.2) is 28.0 Å². The number of carboxylic acids is 1. The molecule has 0 aliphatic carbocycles. The largest absolute Gasteiger partial charge is 0.480 e. The first-order valence-corrected chi connectivity index (χ1v) is 7.39. The van der Waals surface area contributed by atoms with Gasteiger partial charge in [-0.2, -0.15) is 0 Å². The van der Waals surface area contributed by atoms with Crippen molar-refractivity contribution in [3.8, 4) is 0 Å². The zero-order valence-electron chi connectivity index (χ0n) is 12.6. The average molecular weight is 298 g/mol. The highest BCUT2D eigenvalue weighted by Gasteiger charge is 2.24. The van der Waals surface area contributed by atoms with Gasteiger partial charge in [0, 0.05) is 0 Å². The van der Waals surface area contributed by atoms with Gasteiger partial charge in [-0.3, -0.25) is 4.79 Å². The molecule has 0 bridgehead atoms. The third-order valence-corrected chi connectivity index (χ3v) is 3.97. The Labute approximate surface area is 123 Å². The Hall–Kier alpha value is -1.43. The topological polar surface area (TPSA) is 79.3 Å². The van der Waals surface area contributed by atoms with Crippen molar-refractivity contribution in [2.45, 2.75) is 53.5 Å². The van der Waals surface area contributed by atoms with Crippen molar-refractivity contribution >= 4 is 23.2 Å². The molecule has 0 aliphatic rings. The number of hydrogen-bond acceptors (Lipinski definition) is 4. The van der Waals surface area contributed by atoms with Crippen molar-refractivity contribution in [3.05, 3.63) is 15.6 Å². The fourth-order valence-electron chi connectivity index (χ4n) is 1.80. The maximum Gasteiger partial charge on any atom is 0.326 e. The number of aliphatic carboxylic acids is 1. The molecule has 20 heavy (non-hydrogen) atoms. The molecule has 1 rings (SSSR count). The molecule has 0 aliphatic heterocycles. The van der Waals surface area contributed by atoms with E-state index in [1.54, 1.807) is 6.92 Å². The molecule has 1 unspecified atom stereocenters. The van der Waals surface area contributed by atoms with Gasteiger partial charge in [0.1, 0.15) is 10.9 Å². The summed E-state index contributed by atoms with van der Waals surface area (Å²) in [7, 11) is 0. The molecule has 0 aromatic carbocycles. The van der Waals surface area contributed by atoms with Gasteiger partial charge in [0.05, 0.1) is 10.7 Å². The molecule has 6 heteroatoms. The predicted octanol–water partition coefficient (Wildman–Crippen LogP) is 2.77. The van der Waals surface area contributed by atoms with Crippen LogP contribution in [0, 0.1) is 19.3 Å². The fourth-order valence-corrected chi connectivity index (χ4v) is 2.62. The first-order valence-electron chi connectivity index (χ1n) is 6.58. The fraction of sp³-hybridized carbons (Fsp3) is 0.643. The number of aryl methyl sites for hydroxylation is 2. The molecule has 112 valence electrons. The van der Waals surface area contributed by atoms with Crippen LogP contribution >= 0.6 is 11.3 Å². The zero-order valence-corrected chi connectivity index (χ0v) is 13.4. The Balaban J connectivity index is 2.73. The van der Waals surface area contributed by atoms with E-state index in [1.807, 2.05) is 27.7 Å². The lowest BCUT2D eigenvalue weighted by Gasteiger charge is -2.21. The predicted molar refractivity (Wildman–Crippen MR) is 79.2 cm³/mol. The number of aromatic nitrogens is 1. The molecule has 1 heterocycles. The summed E-state index contributed by atoms with van der Waals surface area (Å²) >= 11 is 1.28. The minimum Gasteiger partial charge on any atom is -0.480 e. The van der Waals surface area contributed by atoms with Crippen molar-refractivity contribution < 1.29 is 14.7 Å². The lowest BCUT2D eigenvalue weighted by atomic mass is 9.88. The van der Waals surface area contributed by atoms with E-state index in [9.17, 15) is 14.7 Å². The van der Waals surface area contributed by atoms with Crippen LogP contribution in [0.5, 0.6) is 0 Å². The second kappa shape index (κ2) is 6.35. The van der Waals surface area contributed by atoms with Gasteiger partial charge in [0.2, 0.25) is 0 Å². The second-order valence-electron chi connectivity index (χ2n) is 6.11. The smallest absolute Gasteiger partial charge is 0.326 e. The number of carbonyl (C=O) groups excluding carboxylic acids is 1. The normalized spacial score (nSPS) is 13.1. The average Bonchev–Trinajstić information content (AvgIpc) is 2.61. The van der Waals surface area contributed by atoms with E-state index in [0.29, 0.717) is 17.0 Å². The standard InChI is InChI=1S/C14H22N2O3S/c1-8-11(20-9(2)15-8)12(17)16-10(13(18)19)6-7-14(3,4)5/h10H,6-7H2,1-5H3,(H,16,17)(H,18,19). The quantitative estimate of drug-likeness (QED) is 0.876. The van der Waals surface area contributed by atoms with E-state index >= 15 is 0 Å². The molecule has 5 nitrogen and oxygen atoms in total. The van der Waals surface area contributed by atoms with Crippen molar-refractivity contribution in [1.82, 2.24) is 10.3 Å². The maximum absolute atomic E-state index is 12.1. The summed E-state index contributed by atoms with van der Waals surface area (Å²) in [6.07, 6.45) is 1.15. The number of carbonyl (C=O) groups is 2. The second-order valence-corrected chi connectivity index (χ2v) is 7.31. The summed E-state index contributed by atoms with van der Waals surface area (Å²) in [6, 6.07) is -0.858. The van der Waals surface area contributed by atoms with E-state index in [0.717, 1.165) is 11.4 Å². The molecule has 0 fully saturated rings. The number of amides is 1. The zero-order chi connectivity index (χ0) is 15.5. The molecule has 1 aromatic heterocycles. The van der Waals surface area contributed by atoms with Gasteiger partial charge in [-0.15, -0.1) is 11.3 Å². The van der Waals surface area contributed by atoms with E-state index < -0.39 is 12.0 Å². The van der Waals surface area contributed by atoms with Crippen LogP contribution in [0.3, 0.4) is 0 Å². The van der Waals surface area contributed by atoms with Gasteiger partial charge in [-0.1, -0.05) is 20.8 Å². The van der Waals surface area contributed by atoms with Crippen LogP contribution < -0.4 is 5.32 Å². The Kier molecular flexibility index (Phi) is 5.28. The summed E-state index contributed by atoms with van der Waals surface area (Å²) in [4.78, 5) is 28.0. The number of carboxylic acid groups (broad SMARTS) is 1. The Morgan fingerprint density at radius 2 is 1.95 bits per heavy atom. The highest BCUT2D eigenvalue weighted by molar-refractivity contribution is 7.13. The van der Waals surface area contributed by atoms with Gasteiger partial charge >= 0.3 is 5.97 Å². The molecule has 1 amide bonds. The van der Waals surface area contributed by atoms with Gasteiger partial charge < -0.3 is 10.4 Å². The highest BCUT2D eigenvalue weighted by Crippen LogP contribution is 2.22. The maximum atomic E-state index is 12.1. The van der Waals surface area contributed by atoms with Crippen LogP contribution in [0.1, 0.15) is 54.0 Å². The number of hydrogen-bond donors (Lipinski definition) is 2. The molecule has 1 atom stereocenters. The Morgan fingerprint density at radius 1 is 1.35 bits per heavy atom. The summed E-state index contributed by atoms with van der Waals surface area (Å²) in [6.45, 7) is 9.71. The van der Waals surface area contributed by atoms with Crippen molar-refractivity contribution in [1.29, 1.82) is 0 Å². The van der Waals surface area contributed by atoms with Crippen LogP contribution in [0.15, 0.2) is 0 Å². The van der Waals surface area contributed by atoms with Crippen LogP contribution in [0.2, 0.25) is 0 Å². The van der Waals surface area contributed by atoms with Crippen LogP contribution in [-0.2, 0) is 4.79 Å². The number of nitrogens with zero attached hydrogens (tertiary/aromatic N) is 1. The van der Waals surface area contributed by atoms with E-state index in [2.05, 4.69) is 10.3 Å². The lowest BCUT2D eigenvalue weighted by molar-refractivity contribution is -0.139. The summed E-state index contributed by atoms with van der Waals surface area (Å²) in [5, 5.41) is 12.6. The van der Waals surface area contributed by atoms with Crippen molar-refractivity contribution in [2.75, 3.05) is 0 Å². The molecule has 0 saturated carbocycles. The van der Waals surface area contributed by atoms with Crippen LogP contribution in [0.25, 0.3) is 0 Å². The van der Waals surface area contributed by atoms with E-state index in [1.165, 1.54) is 11.3 Å². The van der Waals surface area contributed by atoms with E-state index in [-0.39, 0.29) is 11.3 Å². The van der Waals surface area contributed by atoms with E-state index in [4.69, 9.17) is 0 Å². The number of thiazole rings is 1. The first-order chi connectivity index (χ1) is 9.10. The van der Waals surface area contributed by atoms with Gasteiger partial charge in [-0.25, -0.2) is 9.78 Å². The van der Waals surface area contributed by atoms with Crippen LogP contribution in [0.4, 0.5) is 0 Å². The SMILES string of the molecule is Cc1nc(C)c(C(=O)NC(CCC(C)(C)C)C(=O)O)s1. The first kappa shape index (κ1) is 16.6. The monoisotopic (exact) mass is 298 g/mol. The number of nitrogens with one attached hydrogen (secondary N) is 1. The number of rotatable bonds is 5. The van der Waals surface area contributed by atoms with Gasteiger partial charge in [0.25, 0.3) is 5.91 Å². The minimum absolute atomic E-state index is 0.0371. The summed E-state index contributed by atoms with van der Waals surface area (Å²) in [5.41, 5.74) is 0.681. The molecular formula is C14H22N2O3S.